The normalized spacial score (nSPS) is 11.9. The zero-order chi connectivity index (χ0) is 18.4. The van der Waals surface area contributed by atoms with Gasteiger partial charge in [0.15, 0.2) is 0 Å². The molecule has 0 aliphatic rings. The number of nitrogens with one attached hydrogen (secondary N) is 1. The third-order valence-corrected chi connectivity index (χ3v) is 3.05. The number of pyridine rings is 1. The van der Waals surface area contributed by atoms with Crippen LogP contribution in [0, 0.1) is 5.82 Å². The second-order valence-corrected chi connectivity index (χ2v) is 4.91. The van der Waals surface area contributed by atoms with Crippen molar-refractivity contribution in [1.29, 1.82) is 0 Å². The average Bonchev–Trinajstić information content (AvgIpc) is 2.59. The minimum absolute atomic E-state index is 0.0891. The maximum atomic E-state index is 13.0. The van der Waals surface area contributed by atoms with Gasteiger partial charge in [-0.3, -0.25) is 19.5 Å². The van der Waals surface area contributed by atoms with E-state index in [-0.39, 0.29) is 17.3 Å². The van der Waals surface area contributed by atoms with E-state index in [0.717, 1.165) is 6.20 Å². The first-order chi connectivity index (χ1) is 11.9. The summed E-state index contributed by atoms with van der Waals surface area (Å²) in [5, 5.41) is 11.4. The molecular weight excluding hydrogens is 327 g/mol. The summed E-state index contributed by atoms with van der Waals surface area (Å²) in [6, 6.07) is 8.12. The third kappa shape index (κ3) is 4.47. The monoisotopic (exact) mass is 342 g/mol. The summed E-state index contributed by atoms with van der Waals surface area (Å²) < 4.78 is 14.2. The summed E-state index contributed by atoms with van der Waals surface area (Å²) in [7, 11) is 0. The molecule has 25 heavy (non-hydrogen) atoms. The van der Waals surface area contributed by atoms with Crippen LogP contribution in [0.15, 0.2) is 69.3 Å². The first-order valence-corrected chi connectivity index (χ1v) is 7.11. The number of aliphatic hydroxyl groups excluding tert-OH is 1. The minimum Gasteiger partial charge on any atom is -0.511 e. The van der Waals surface area contributed by atoms with E-state index >= 15 is 0 Å². The molecule has 0 spiro atoms. The summed E-state index contributed by atoms with van der Waals surface area (Å²) in [6.07, 6.45) is 2.54. The predicted molar refractivity (Wildman–Crippen MR) is 92.8 cm³/mol. The highest BCUT2D eigenvalue weighted by Crippen LogP contribution is 2.07. The number of aliphatic hydroxyl groups is 1. The molecule has 0 aliphatic heterocycles. The van der Waals surface area contributed by atoms with Crippen LogP contribution in [-0.2, 0) is 0 Å². The Hall–Kier alpha value is -3.55. The molecule has 0 atom stereocenters. The Balaban J connectivity index is 2.35. The lowest BCUT2D eigenvalue weighted by Gasteiger charge is -2.08. The van der Waals surface area contributed by atoms with Gasteiger partial charge in [0.25, 0.3) is 11.5 Å². The highest BCUT2D eigenvalue weighted by molar-refractivity contribution is 6.06. The van der Waals surface area contributed by atoms with Gasteiger partial charge in [0.2, 0.25) is 5.96 Å². The Morgan fingerprint density at radius 1 is 1.32 bits per heavy atom. The van der Waals surface area contributed by atoms with Crippen LogP contribution in [0.5, 0.6) is 0 Å². The minimum atomic E-state index is -0.739. The zero-order valence-electron chi connectivity index (χ0n) is 13.3. The van der Waals surface area contributed by atoms with Crippen molar-refractivity contribution in [2.45, 2.75) is 6.92 Å². The van der Waals surface area contributed by atoms with Crippen LogP contribution >= 0.6 is 0 Å². The Labute approximate surface area is 142 Å². The molecule has 2 N–H and O–H groups in total. The number of hydrogen-bond acceptors (Lipinski definition) is 4. The first-order valence-electron chi connectivity index (χ1n) is 7.11. The van der Waals surface area contributed by atoms with Gasteiger partial charge >= 0.3 is 0 Å². The van der Waals surface area contributed by atoms with Crippen molar-refractivity contribution in [3.63, 3.8) is 0 Å². The lowest BCUT2D eigenvalue weighted by atomic mass is 10.2. The Morgan fingerprint density at radius 2 is 2.00 bits per heavy atom. The maximum absolute atomic E-state index is 13.0. The Kier molecular flexibility index (Phi) is 5.57. The number of hydrogen-bond donors (Lipinski definition) is 2. The van der Waals surface area contributed by atoms with E-state index in [1.165, 1.54) is 54.1 Å². The van der Waals surface area contributed by atoms with Crippen molar-refractivity contribution in [3.8, 4) is 5.69 Å². The molecule has 0 saturated carbocycles. The smallest absolute Gasteiger partial charge is 0.267 e. The van der Waals surface area contributed by atoms with Gasteiger partial charge in [-0.15, -0.1) is 0 Å². The second-order valence-electron chi connectivity index (χ2n) is 4.91. The van der Waals surface area contributed by atoms with Crippen molar-refractivity contribution in [1.82, 2.24) is 9.88 Å². The van der Waals surface area contributed by atoms with Gasteiger partial charge in [0, 0.05) is 11.9 Å². The quantitative estimate of drug-likeness (QED) is 0.508. The number of amides is 1. The molecule has 1 heterocycles. The number of aromatic nitrogens is 1. The number of halogens is 1. The predicted octanol–water partition coefficient (Wildman–Crippen LogP) is 2.18. The molecule has 0 fully saturated rings. The zero-order valence-corrected chi connectivity index (χ0v) is 13.3. The lowest BCUT2D eigenvalue weighted by Crippen LogP contribution is -2.35. The van der Waals surface area contributed by atoms with Gasteiger partial charge in [-0.25, -0.2) is 14.4 Å². The van der Waals surface area contributed by atoms with Gasteiger partial charge in [-0.1, -0.05) is 0 Å². The molecule has 128 valence electrons. The molecule has 1 aromatic carbocycles. The van der Waals surface area contributed by atoms with Crippen molar-refractivity contribution in [2.24, 2.45) is 9.98 Å². The third-order valence-electron chi connectivity index (χ3n) is 3.05. The highest BCUT2D eigenvalue weighted by Gasteiger charge is 2.14. The fourth-order valence-corrected chi connectivity index (χ4v) is 1.91. The number of aliphatic imine (C=N–C) groups is 2. The maximum Gasteiger partial charge on any atom is 0.267 e. The summed E-state index contributed by atoms with van der Waals surface area (Å²) in [6.45, 7) is 4.65. The molecule has 2 aromatic rings. The van der Waals surface area contributed by atoms with Crippen molar-refractivity contribution in [2.75, 3.05) is 0 Å². The number of carbonyl (C=O) groups excluding carboxylic acids is 1. The van der Waals surface area contributed by atoms with Crippen LogP contribution in [0.3, 0.4) is 0 Å². The molecule has 0 saturated heterocycles. The van der Waals surface area contributed by atoms with E-state index in [2.05, 4.69) is 22.0 Å². The topological polar surface area (TPSA) is 96.1 Å². The first kappa shape index (κ1) is 17.8. The average molecular weight is 342 g/mol. The summed E-state index contributed by atoms with van der Waals surface area (Å²) in [4.78, 5) is 32.0. The summed E-state index contributed by atoms with van der Waals surface area (Å²) in [5.41, 5.74) is -0.340. The Bertz CT molecular complexity index is 910. The van der Waals surface area contributed by atoms with Gasteiger partial charge in [0.1, 0.15) is 17.1 Å². The Morgan fingerprint density at radius 3 is 2.60 bits per heavy atom. The largest absolute Gasteiger partial charge is 0.511 e. The van der Waals surface area contributed by atoms with Crippen LogP contribution < -0.4 is 10.9 Å². The number of allylic oxidation sites excluding steroid dienone is 1. The summed E-state index contributed by atoms with van der Waals surface area (Å²) in [5.74, 6) is -1.43. The molecule has 0 bridgehead atoms. The molecule has 8 heteroatoms. The van der Waals surface area contributed by atoms with Crippen LogP contribution in [0.2, 0.25) is 0 Å². The van der Waals surface area contributed by atoms with E-state index in [0.29, 0.717) is 5.69 Å². The molecule has 0 aliphatic carbocycles. The number of benzene rings is 1. The summed E-state index contributed by atoms with van der Waals surface area (Å²) >= 11 is 0. The van der Waals surface area contributed by atoms with E-state index in [4.69, 9.17) is 5.11 Å². The van der Waals surface area contributed by atoms with Crippen LogP contribution in [0.25, 0.3) is 5.69 Å². The van der Waals surface area contributed by atoms with Gasteiger partial charge in [-0.05, 0) is 50.0 Å². The van der Waals surface area contributed by atoms with E-state index in [1.807, 2.05) is 0 Å². The highest BCUT2D eigenvalue weighted by atomic mass is 19.1. The number of nitrogens with zero attached hydrogens (tertiary/aromatic N) is 3. The van der Waals surface area contributed by atoms with E-state index in [1.54, 1.807) is 0 Å². The molecule has 1 amide bonds. The molecular formula is C17H15FN4O3. The van der Waals surface area contributed by atoms with Crippen LogP contribution in [-0.4, -0.2) is 28.3 Å². The number of rotatable bonds is 3. The number of carbonyl (C=O) groups is 1. The molecule has 0 radical (unpaired) electrons. The number of guanidine groups is 1. The molecule has 1 aromatic heterocycles. The second kappa shape index (κ2) is 7.82. The van der Waals surface area contributed by atoms with Crippen molar-refractivity contribution >= 4 is 18.6 Å². The van der Waals surface area contributed by atoms with Crippen molar-refractivity contribution < 1.29 is 14.3 Å². The fourth-order valence-electron chi connectivity index (χ4n) is 1.91. The van der Waals surface area contributed by atoms with Crippen LogP contribution in [0.1, 0.15) is 17.3 Å². The van der Waals surface area contributed by atoms with Crippen molar-refractivity contribution in [3.05, 3.63) is 76.3 Å². The molecule has 7 nitrogen and oxygen atoms in total. The van der Waals surface area contributed by atoms with Gasteiger partial charge < -0.3 is 5.11 Å². The van der Waals surface area contributed by atoms with Crippen LogP contribution in [0.4, 0.5) is 4.39 Å². The van der Waals surface area contributed by atoms with E-state index in [9.17, 15) is 14.0 Å². The molecule has 0 unspecified atom stereocenters. The molecule has 2 rings (SSSR count). The lowest BCUT2D eigenvalue weighted by molar-refractivity contribution is 0.0975. The standard InChI is InChI=1S/C17H15FN4O3/c1-11(23)10-20-17(19-2)21-15(24)14-4-3-9-22(16(14)25)13-7-5-12(18)6-8-13/h3-10,23H,2H2,1H3,(H,20,21,24)/b11-10+. The van der Waals surface area contributed by atoms with E-state index < -0.39 is 17.3 Å². The SMILES string of the molecule is C=NC(=N/C=C(\C)O)NC(=O)c1cccn(-c2ccc(F)cc2)c1=O. The fraction of sp³-hybridized carbons (Fsp3) is 0.0588. The van der Waals surface area contributed by atoms with Gasteiger partial charge in [0.05, 0.1) is 6.20 Å². The van der Waals surface area contributed by atoms with Gasteiger partial charge in [-0.2, -0.15) is 0 Å².